The summed E-state index contributed by atoms with van der Waals surface area (Å²) in [6, 6.07) is 4.14. The Kier molecular flexibility index (Phi) is 6.56. The average Bonchev–Trinajstić information content (AvgIpc) is 2.57. The van der Waals surface area contributed by atoms with Crippen LogP contribution >= 0.6 is 11.8 Å². The summed E-state index contributed by atoms with van der Waals surface area (Å²) in [5.41, 5.74) is 5.17. The van der Waals surface area contributed by atoms with Crippen molar-refractivity contribution in [2.45, 2.75) is 32.3 Å². The number of benzene rings is 1. The van der Waals surface area contributed by atoms with Gasteiger partial charge in [0.1, 0.15) is 5.69 Å². The number of nitrogens with one attached hydrogen (secondary N) is 2. The van der Waals surface area contributed by atoms with Crippen molar-refractivity contribution in [3.8, 4) is 0 Å². The predicted molar refractivity (Wildman–Crippen MR) is 105 cm³/mol. The van der Waals surface area contributed by atoms with Gasteiger partial charge in [-0.15, -0.1) is 0 Å². The number of nitrogen functional groups attached to an aromatic ring is 1. The molecule has 1 heterocycles. The Morgan fingerprint density at radius 2 is 2.15 bits per heavy atom. The first kappa shape index (κ1) is 20.4. The third kappa shape index (κ3) is 5.07. The van der Waals surface area contributed by atoms with Crippen molar-refractivity contribution in [1.29, 1.82) is 0 Å². The lowest BCUT2D eigenvalue weighted by Crippen LogP contribution is -2.23. The lowest BCUT2D eigenvalue weighted by atomic mass is 10.1. The summed E-state index contributed by atoms with van der Waals surface area (Å²) in [5, 5.41) is 13.8. The van der Waals surface area contributed by atoms with Crippen molar-refractivity contribution >= 4 is 34.9 Å². The number of aromatic amines is 1. The van der Waals surface area contributed by atoms with E-state index >= 15 is 0 Å². The Balaban J connectivity index is 2.23. The molecular formula is C17H21N5O4S. The van der Waals surface area contributed by atoms with E-state index in [-0.39, 0.29) is 28.3 Å². The zero-order valence-corrected chi connectivity index (χ0v) is 16.1. The molecule has 0 saturated carbocycles. The van der Waals surface area contributed by atoms with Crippen LogP contribution < -0.4 is 16.6 Å². The topological polar surface area (TPSA) is 144 Å². The number of nitrogens with two attached hydrogens (primary N) is 1. The Morgan fingerprint density at radius 1 is 1.44 bits per heavy atom. The van der Waals surface area contributed by atoms with Crippen LogP contribution in [0.1, 0.15) is 36.2 Å². The second-order valence-electron chi connectivity index (χ2n) is 6.32. The maximum absolute atomic E-state index is 12.5. The van der Waals surface area contributed by atoms with Gasteiger partial charge in [-0.3, -0.25) is 24.7 Å². The molecule has 27 heavy (non-hydrogen) atoms. The largest absolute Gasteiger partial charge is 0.382 e. The quantitative estimate of drug-likeness (QED) is 0.285. The van der Waals surface area contributed by atoms with Crippen molar-refractivity contribution in [2.75, 3.05) is 16.8 Å². The van der Waals surface area contributed by atoms with Crippen LogP contribution in [0.25, 0.3) is 0 Å². The van der Waals surface area contributed by atoms with Gasteiger partial charge < -0.3 is 11.1 Å². The third-order valence-corrected chi connectivity index (χ3v) is 4.75. The van der Waals surface area contributed by atoms with Gasteiger partial charge in [-0.2, -0.15) is 0 Å². The van der Waals surface area contributed by atoms with E-state index in [1.54, 1.807) is 0 Å². The molecule has 2 rings (SSSR count). The van der Waals surface area contributed by atoms with Gasteiger partial charge in [-0.25, -0.2) is 4.98 Å². The molecule has 0 radical (unpaired) electrons. The number of carbonyl (C=O) groups is 1. The highest BCUT2D eigenvalue weighted by molar-refractivity contribution is 7.99. The van der Waals surface area contributed by atoms with E-state index in [4.69, 9.17) is 5.73 Å². The molecule has 0 unspecified atom stereocenters. The molecule has 0 aliphatic carbocycles. The molecule has 1 aromatic heterocycles. The van der Waals surface area contributed by atoms with Crippen LogP contribution in [0.2, 0.25) is 0 Å². The minimum absolute atomic E-state index is 0.0818. The minimum atomic E-state index is -0.671. The molecule has 0 fully saturated rings. The van der Waals surface area contributed by atoms with E-state index in [1.165, 1.54) is 36.9 Å². The zero-order chi connectivity index (χ0) is 20.1. The summed E-state index contributed by atoms with van der Waals surface area (Å²) in [5.74, 6) is 0.523. The fourth-order valence-corrected chi connectivity index (χ4v) is 3.41. The van der Waals surface area contributed by atoms with Gasteiger partial charge in [0.05, 0.1) is 4.92 Å². The highest BCUT2D eigenvalue weighted by atomic mass is 32.2. The highest BCUT2D eigenvalue weighted by Gasteiger charge is 2.20. The molecule has 0 aliphatic rings. The fourth-order valence-electron chi connectivity index (χ4n) is 2.30. The number of hydrogen-bond donors (Lipinski definition) is 3. The predicted octanol–water partition coefficient (Wildman–Crippen LogP) is 2.96. The van der Waals surface area contributed by atoms with E-state index in [0.717, 1.165) is 12.2 Å². The van der Waals surface area contributed by atoms with Crippen LogP contribution in [0.15, 0.2) is 28.2 Å². The number of hydrogen-bond acceptors (Lipinski definition) is 7. The van der Waals surface area contributed by atoms with E-state index in [2.05, 4.69) is 29.1 Å². The number of amides is 1. The normalized spacial score (nSPS) is 10.8. The van der Waals surface area contributed by atoms with Crippen LogP contribution in [-0.2, 0) is 0 Å². The molecule has 10 heteroatoms. The molecule has 0 atom stereocenters. The first-order valence-electron chi connectivity index (χ1n) is 8.28. The lowest BCUT2D eigenvalue weighted by molar-refractivity contribution is -0.385. The van der Waals surface area contributed by atoms with Gasteiger partial charge >= 0.3 is 0 Å². The van der Waals surface area contributed by atoms with Gasteiger partial charge in [-0.1, -0.05) is 31.7 Å². The first-order valence-corrected chi connectivity index (χ1v) is 9.27. The summed E-state index contributed by atoms with van der Waals surface area (Å²) in [6.07, 6.45) is 0.957. The number of aromatic nitrogens is 2. The van der Waals surface area contributed by atoms with Crippen LogP contribution in [0.4, 0.5) is 17.2 Å². The smallest absolute Gasteiger partial charge is 0.277 e. The summed E-state index contributed by atoms with van der Waals surface area (Å²) in [6.45, 7) is 5.66. The van der Waals surface area contributed by atoms with Gasteiger partial charge in [0.2, 0.25) is 0 Å². The maximum atomic E-state index is 12.5. The number of H-pyrrole nitrogens is 1. The monoisotopic (exact) mass is 391 g/mol. The second-order valence-corrected chi connectivity index (χ2v) is 7.41. The van der Waals surface area contributed by atoms with Crippen LogP contribution in [0, 0.1) is 23.0 Å². The number of thioether (sulfide) groups is 1. The molecule has 0 spiro atoms. The summed E-state index contributed by atoms with van der Waals surface area (Å²) < 4.78 is 0. The number of nitrogens with zero attached hydrogens (tertiary/aromatic N) is 2. The highest BCUT2D eigenvalue weighted by Crippen LogP contribution is 2.23. The number of carbonyl (C=O) groups excluding carboxylic acids is 1. The first-order chi connectivity index (χ1) is 12.7. The maximum Gasteiger partial charge on any atom is 0.277 e. The van der Waals surface area contributed by atoms with Crippen LogP contribution in [0.5, 0.6) is 0 Å². The zero-order valence-electron chi connectivity index (χ0n) is 15.2. The molecule has 0 saturated heterocycles. The number of nitro benzene ring substituents is 1. The van der Waals surface area contributed by atoms with Gasteiger partial charge in [-0.05, 0) is 25.3 Å². The SMILES string of the molecule is Cc1c(C(=O)Nc2c(N)nc(SCCC(C)C)[nH]c2=O)cccc1[N+](=O)[O-]. The van der Waals surface area contributed by atoms with Crippen molar-refractivity contribution in [2.24, 2.45) is 5.92 Å². The van der Waals surface area contributed by atoms with Gasteiger partial charge in [0, 0.05) is 22.9 Å². The molecule has 144 valence electrons. The Bertz CT molecular complexity index is 926. The second kappa shape index (κ2) is 8.67. The minimum Gasteiger partial charge on any atom is -0.382 e. The van der Waals surface area contributed by atoms with Crippen molar-refractivity contribution in [1.82, 2.24) is 9.97 Å². The molecule has 1 aromatic carbocycles. The standard InChI is InChI=1S/C17H21N5O4S/c1-9(2)7-8-27-17-20-14(18)13(16(24)21-17)19-15(23)11-5-4-6-12(10(11)3)22(25)26/h4-6,9H,7-8H2,1-3H3,(H,19,23)(H3,18,20,21,24). The Labute approximate surface area is 159 Å². The average molecular weight is 391 g/mol. The molecule has 1 amide bonds. The number of rotatable bonds is 7. The van der Waals surface area contributed by atoms with Crippen molar-refractivity contribution in [3.63, 3.8) is 0 Å². The molecule has 0 bridgehead atoms. The fraction of sp³-hybridized carbons (Fsp3) is 0.353. The lowest BCUT2D eigenvalue weighted by Gasteiger charge is -2.10. The molecule has 2 aromatic rings. The van der Waals surface area contributed by atoms with Gasteiger partial charge in [0.25, 0.3) is 17.2 Å². The van der Waals surface area contributed by atoms with Gasteiger partial charge in [0.15, 0.2) is 11.0 Å². The van der Waals surface area contributed by atoms with Crippen LogP contribution in [0.3, 0.4) is 0 Å². The summed E-state index contributed by atoms with van der Waals surface area (Å²) in [4.78, 5) is 41.9. The Morgan fingerprint density at radius 3 is 2.74 bits per heavy atom. The summed E-state index contributed by atoms with van der Waals surface area (Å²) >= 11 is 1.37. The van der Waals surface area contributed by atoms with Crippen LogP contribution in [-0.4, -0.2) is 26.6 Å². The molecule has 9 nitrogen and oxygen atoms in total. The molecule has 0 aliphatic heterocycles. The summed E-state index contributed by atoms with van der Waals surface area (Å²) in [7, 11) is 0. The van der Waals surface area contributed by atoms with Crippen molar-refractivity contribution < 1.29 is 9.72 Å². The Hall–Kier alpha value is -2.88. The molecular weight excluding hydrogens is 370 g/mol. The number of nitro groups is 1. The van der Waals surface area contributed by atoms with E-state index in [9.17, 15) is 19.7 Å². The number of anilines is 2. The van der Waals surface area contributed by atoms with Crippen molar-refractivity contribution in [3.05, 3.63) is 49.8 Å². The van der Waals surface area contributed by atoms with E-state index in [0.29, 0.717) is 11.1 Å². The van der Waals surface area contributed by atoms with E-state index in [1.807, 2.05) is 0 Å². The third-order valence-electron chi connectivity index (χ3n) is 3.84. The molecule has 4 N–H and O–H groups in total. The van der Waals surface area contributed by atoms with E-state index < -0.39 is 16.4 Å².